The molecule has 1 saturated heterocycles. The van der Waals surface area contributed by atoms with Crippen LogP contribution in [0.4, 0.5) is 0 Å². The van der Waals surface area contributed by atoms with E-state index in [1.54, 1.807) is 7.11 Å². The smallest absolute Gasteiger partial charge is 0.191 e. The Hall–Kier alpha value is -1.64. The van der Waals surface area contributed by atoms with Gasteiger partial charge in [0, 0.05) is 57.9 Å². The molecule has 2 rings (SSSR count). The quantitative estimate of drug-likeness (QED) is 0.312. The minimum absolute atomic E-state index is 0.611. The monoisotopic (exact) mass is 409 g/mol. The summed E-state index contributed by atoms with van der Waals surface area (Å²) in [5.74, 6) is 1.49. The van der Waals surface area contributed by atoms with E-state index in [1.807, 2.05) is 11.6 Å². The molecule has 166 valence electrons. The Morgan fingerprint density at radius 1 is 1.24 bits per heavy atom. The fraction of sp³-hybridized carbons (Fsp3) is 0.810. The number of aryl methyl sites for hydroxylation is 1. The van der Waals surface area contributed by atoms with Crippen LogP contribution in [0.1, 0.15) is 43.1 Å². The molecule has 1 aliphatic rings. The fourth-order valence-corrected chi connectivity index (χ4v) is 3.40. The van der Waals surface area contributed by atoms with Gasteiger partial charge in [0.2, 0.25) is 0 Å². The van der Waals surface area contributed by atoms with Gasteiger partial charge in [-0.1, -0.05) is 0 Å². The van der Waals surface area contributed by atoms with Gasteiger partial charge in [-0.2, -0.15) is 5.10 Å². The molecule has 0 radical (unpaired) electrons. The van der Waals surface area contributed by atoms with Crippen LogP contribution in [0.5, 0.6) is 0 Å². The zero-order valence-corrected chi connectivity index (χ0v) is 18.6. The molecule has 0 atom stereocenters. The maximum Gasteiger partial charge on any atom is 0.191 e. The highest BCUT2D eigenvalue weighted by Crippen LogP contribution is 2.15. The van der Waals surface area contributed by atoms with Crippen molar-refractivity contribution in [2.24, 2.45) is 10.9 Å². The largest absolute Gasteiger partial charge is 0.383 e. The Labute approximate surface area is 175 Å². The van der Waals surface area contributed by atoms with Crippen molar-refractivity contribution < 1.29 is 14.2 Å². The first-order valence-electron chi connectivity index (χ1n) is 10.8. The number of methoxy groups -OCH3 is 1. The van der Waals surface area contributed by atoms with Crippen LogP contribution in [-0.2, 0) is 27.3 Å². The van der Waals surface area contributed by atoms with Gasteiger partial charge in [-0.15, -0.1) is 0 Å². The van der Waals surface area contributed by atoms with Gasteiger partial charge in [-0.3, -0.25) is 4.68 Å². The molecule has 1 aliphatic heterocycles. The van der Waals surface area contributed by atoms with E-state index < -0.39 is 0 Å². The molecule has 0 spiro atoms. The topological polar surface area (TPSA) is 81.9 Å². The number of nitrogens with one attached hydrogen (secondary N) is 2. The van der Waals surface area contributed by atoms with E-state index in [1.165, 1.54) is 5.56 Å². The predicted octanol–water partition coefficient (Wildman–Crippen LogP) is 2.03. The van der Waals surface area contributed by atoms with Gasteiger partial charge in [-0.25, -0.2) is 4.99 Å². The first kappa shape index (κ1) is 23.6. The standard InChI is InChI=1S/C21H39N5O3/c1-5-22-21(23-9-6-11-29-16-19-7-12-28-13-8-19)24-15-20-17(2)25-26(18(20)3)10-14-27-4/h19H,5-16H2,1-4H3,(H2,22,23,24). The summed E-state index contributed by atoms with van der Waals surface area (Å²) in [6, 6.07) is 0. The third kappa shape index (κ3) is 8.32. The molecule has 1 fully saturated rings. The molecule has 0 saturated carbocycles. The van der Waals surface area contributed by atoms with Crippen LogP contribution < -0.4 is 10.6 Å². The summed E-state index contributed by atoms with van der Waals surface area (Å²) in [6.45, 7) is 13.3. The summed E-state index contributed by atoms with van der Waals surface area (Å²) < 4.78 is 18.4. The van der Waals surface area contributed by atoms with Crippen molar-refractivity contribution in [2.75, 3.05) is 53.2 Å². The maximum atomic E-state index is 5.83. The molecule has 0 aromatic carbocycles. The highest BCUT2D eigenvalue weighted by atomic mass is 16.5. The number of hydrogen-bond acceptors (Lipinski definition) is 5. The van der Waals surface area contributed by atoms with Crippen molar-refractivity contribution >= 4 is 5.96 Å². The molecule has 1 aromatic heterocycles. The van der Waals surface area contributed by atoms with Gasteiger partial charge in [0.1, 0.15) is 0 Å². The van der Waals surface area contributed by atoms with E-state index in [2.05, 4.69) is 29.6 Å². The number of ether oxygens (including phenoxy) is 3. The van der Waals surface area contributed by atoms with Gasteiger partial charge in [0.25, 0.3) is 0 Å². The molecule has 0 bridgehead atoms. The molecule has 2 N–H and O–H groups in total. The van der Waals surface area contributed by atoms with Gasteiger partial charge in [0.15, 0.2) is 5.96 Å². The predicted molar refractivity (Wildman–Crippen MR) is 115 cm³/mol. The van der Waals surface area contributed by atoms with Crippen molar-refractivity contribution in [1.82, 2.24) is 20.4 Å². The lowest BCUT2D eigenvalue weighted by atomic mass is 10.0. The lowest BCUT2D eigenvalue weighted by Gasteiger charge is -2.21. The third-order valence-corrected chi connectivity index (χ3v) is 5.23. The molecule has 2 heterocycles. The summed E-state index contributed by atoms with van der Waals surface area (Å²) in [6.07, 6.45) is 3.20. The number of hydrogen-bond donors (Lipinski definition) is 2. The van der Waals surface area contributed by atoms with Crippen LogP contribution in [0.15, 0.2) is 4.99 Å². The first-order chi connectivity index (χ1) is 14.2. The second-order valence-electron chi connectivity index (χ2n) is 7.47. The van der Waals surface area contributed by atoms with Crippen molar-refractivity contribution in [2.45, 2.75) is 53.1 Å². The normalized spacial score (nSPS) is 15.7. The van der Waals surface area contributed by atoms with Crippen LogP contribution in [0.3, 0.4) is 0 Å². The van der Waals surface area contributed by atoms with Crippen molar-refractivity contribution in [3.05, 3.63) is 17.0 Å². The van der Waals surface area contributed by atoms with Gasteiger partial charge in [-0.05, 0) is 46.0 Å². The van der Waals surface area contributed by atoms with Crippen LogP contribution in [-0.4, -0.2) is 69.0 Å². The average molecular weight is 410 g/mol. The molecule has 0 amide bonds. The van der Waals surface area contributed by atoms with Crippen LogP contribution in [0.25, 0.3) is 0 Å². The summed E-state index contributed by atoms with van der Waals surface area (Å²) in [5.41, 5.74) is 3.36. The minimum atomic E-state index is 0.611. The molecule has 0 aliphatic carbocycles. The van der Waals surface area contributed by atoms with Gasteiger partial charge >= 0.3 is 0 Å². The summed E-state index contributed by atoms with van der Waals surface area (Å²) >= 11 is 0. The lowest BCUT2D eigenvalue weighted by Crippen LogP contribution is -2.38. The second kappa shape index (κ2) is 13.6. The van der Waals surface area contributed by atoms with Crippen molar-refractivity contribution in [3.8, 4) is 0 Å². The third-order valence-electron chi connectivity index (χ3n) is 5.23. The number of nitrogens with zero attached hydrogens (tertiary/aromatic N) is 3. The average Bonchev–Trinajstić information content (AvgIpc) is 3.00. The number of rotatable bonds is 12. The summed E-state index contributed by atoms with van der Waals surface area (Å²) in [7, 11) is 1.71. The van der Waals surface area contributed by atoms with E-state index >= 15 is 0 Å². The van der Waals surface area contributed by atoms with Crippen molar-refractivity contribution in [3.63, 3.8) is 0 Å². The zero-order chi connectivity index (χ0) is 20.9. The number of aromatic nitrogens is 2. The molecule has 1 aromatic rings. The molecular formula is C21H39N5O3. The maximum absolute atomic E-state index is 5.83. The van der Waals surface area contributed by atoms with Crippen LogP contribution in [0, 0.1) is 19.8 Å². The lowest BCUT2D eigenvalue weighted by molar-refractivity contribution is 0.0203. The van der Waals surface area contributed by atoms with Gasteiger partial charge in [0.05, 0.1) is 25.4 Å². The van der Waals surface area contributed by atoms with E-state index in [-0.39, 0.29) is 0 Å². The van der Waals surface area contributed by atoms with Crippen molar-refractivity contribution in [1.29, 1.82) is 0 Å². The van der Waals surface area contributed by atoms with E-state index in [4.69, 9.17) is 19.2 Å². The second-order valence-corrected chi connectivity index (χ2v) is 7.47. The summed E-state index contributed by atoms with van der Waals surface area (Å²) in [4.78, 5) is 4.75. The van der Waals surface area contributed by atoms with E-state index in [0.29, 0.717) is 19.1 Å². The minimum Gasteiger partial charge on any atom is -0.383 e. The Kier molecular flexibility index (Phi) is 11.1. The molecule has 0 unspecified atom stereocenters. The van der Waals surface area contributed by atoms with E-state index in [0.717, 1.165) is 82.7 Å². The molecule has 8 heteroatoms. The number of aliphatic imine (C=N–C) groups is 1. The Balaban J connectivity index is 1.74. The summed E-state index contributed by atoms with van der Waals surface area (Å²) in [5, 5.41) is 11.3. The van der Waals surface area contributed by atoms with Crippen LogP contribution in [0.2, 0.25) is 0 Å². The molecule has 8 nitrogen and oxygen atoms in total. The Morgan fingerprint density at radius 2 is 2.03 bits per heavy atom. The Morgan fingerprint density at radius 3 is 2.76 bits per heavy atom. The highest BCUT2D eigenvalue weighted by Gasteiger charge is 2.13. The number of guanidine groups is 1. The van der Waals surface area contributed by atoms with Gasteiger partial charge < -0.3 is 24.8 Å². The molecular weight excluding hydrogens is 370 g/mol. The Bertz CT molecular complexity index is 612. The van der Waals surface area contributed by atoms with Crippen LogP contribution >= 0.6 is 0 Å². The molecule has 29 heavy (non-hydrogen) atoms. The first-order valence-corrected chi connectivity index (χ1v) is 10.8. The van der Waals surface area contributed by atoms with E-state index in [9.17, 15) is 0 Å². The highest BCUT2D eigenvalue weighted by molar-refractivity contribution is 5.79. The SMILES string of the molecule is CCNC(=NCc1c(C)nn(CCOC)c1C)NCCCOCC1CCOCC1. The fourth-order valence-electron chi connectivity index (χ4n) is 3.40. The zero-order valence-electron chi connectivity index (χ0n) is 18.6.